The molecule has 0 radical (unpaired) electrons. The smallest absolute Gasteiger partial charge is 0.340 e. The molecule has 0 bridgehead atoms. The van der Waals surface area contributed by atoms with Crippen LogP contribution in [-0.2, 0) is 10.3 Å². The first-order valence-corrected chi connectivity index (χ1v) is 9.37. The molecule has 0 aromatic heterocycles. The van der Waals surface area contributed by atoms with Gasteiger partial charge in [-0.1, -0.05) is 18.2 Å². The maximum atomic E-state index is 13.0. The van der Waals surface area contributed by atoms with E-state index in [0.29, 0.717) is 45.3 Å². The molecule has 0 fully saturated rings. The van der Waals surface area contributed by atoms with Crippen molar-refractivity contribution in [2.75, 3.05) is 28.4 Å². The van der Waals surface area contributed by atoms with Crippen molar-refractivity contribution in [2.24, 2.45) is 0 Å². The van der Waals surface area contributed by atoms with Gasteiger partial charge in [0.25, 0.3) is 0 Å². The number of hydrogen-bond donors (Lipinski definition) is 0. The largest absolute Gasteiger partial charge is 0.497 e. The van der Waals surface area contributed by atoms with Gasteiger partial charge in [-0.05, 0) is 42.5 Å². The van der Waals surface area contributed by atoms with Crippen molar-refractivity contribution in [1.82, 2.24) is 0 Å². The molecule has 6 nitrogen and oxygen atoms in total. The molecule has 1 aliphatic heterocycles. The van der Waals surface area contributed by atoms with Crippen LogP contribution in [0.5, 0.6) is 23.0 Å². The molecule has 1 aliphatic rings. The highest BCUT2D eigenvalue weighted by molar-refractivity contribution is 5.96. The number of carbonyl (C=O) groups is 1. The van der Waals surface area contributed by atoms with E-state index in [1.165, 1.54) is 0 Å². The number of ether oxygens (including phenoxy) is 5. The van der Waals surface area contributed by atoms with E-state index in [0.717, 1.165) is 0 Å². The standard InChI is InChI=1S/C24H22O6/c1-26-15-9-11-21(28-3)19(13-15)24(18-8-6-5-7-17(18)23(25)30-24)20-14-16(27-2)10-12-22(20)29-4/h5-14H,1-4H3. The molecule has 0 saturated carbocycles. The van der Waals surface area contributed by atoms with E-state index in [-0.39, 0.29) is 0 Å². The molecule has 3 aromatic carbocycles. The summed E-state index contributed by atoms with van der Waals surface area (Å²) in [6.07, 6.45) is 0. The normalized spacial score (nSPS) is 13.9. The van der Waals surface area contributed by atoms with Gasteiger partial charge in [0, 0.05) is 5.56 Å². The first kappa shape index (κ1) is 19.6. The summed E-state index contributed by atoms with van der Waals surface area (Å²) in [6.45, 7) is 0. The second-order valence-corrected chi connectivity index (χ2v) is 6.75. The van der Waals surface area contributed by atoms with Crippen LogP contribution in [0.3, 0.4) is 0 Å². The monoisotopic (exact) mass is 406 g/mol. The van der Waals surface area contributed by atoms with Crippen LogP contribution in [0.4, 0.5) is 0 Å². The predicted octanol–water partition coefficient (Wildman–Crippen LogP) is 4.18. The van der Waals surface area contributed by atoms with E-state index in [1.54, 1.807) is 58.8 Å². The molecule has 0 N–H and O–H groups in total. The first-order chi connectivity index (χ1) is 14.6. The van der Waals surface area contributed by atoms with Crippen molar-refractivity contribution in [3.63, 3.8) is 0 Å². The maximum Gasteiger partial charge on any atom is 0.340 e. The fourth-order valence-electron chi connectivity index (χ4n) is 3.94. The lowest BCUT2D eigenvalue weighted by atomic mass is 9.78. The number of carbonyl (C=O) groups excluding carboxylic acids is 1. The summed E-state index contributed by atoms with van der Waals surface area (Å²) in [5.74, 6) is 1.87. The van der Waals surface area contributed by atoms with Crippen LogP contribution in [0.15, 0.2) is 60.7 Å². The second kappa shape index (κ2) is 7.63. The van der Waals surface area contributed by atoms with Crippen molar-refractivity contribution in [2.45, 2.75) is 5.60 Å². The average Bonchev–Trinajstić information content (AvgIpc) is 3.11. The third-order valence-corrected chi connectivity index (χ3v) is 5.34. The Morgan fingerprint density at radius 3 is 1.70 bits per heavy atom. The van der Waals surface area contributed by atoms with Gasteiger partial charge in [-0.15, -0.1) is 0 Å². The third kappa shape index (κ3) is 2.84. The van der Waals surface area contributed by atoms with Gasteiger partial charge in [0.2, 0.25) is 0 Å². The van der Waals surface area contributed by atoms with Gasteiger partial charge in [-0.3, -0.25) is 0 Å². The van der Waals surface area contributed by atoms with Crippen LogP contribution in [-0.4, -0.2) is 34.4 Å². The van der Waals surface area contributed by atoms with Crippen LogP contribution in [0.2, 0.25) is 0 Å². The van der Waals surface area contributed by atoms with E-state index in [1.807, 2.05) is 30.3 Å². The summed E-state index contributed by atoms with van der Waals surface area (Å²) < 4.78 is 28.4. The van der Waals surface area contributed by atoms with Crippen LogP contribution >= 0.6 is 0 Å². The molecule has 0 atom stereocenters. The van der Waals surface area contributed by atoms with Crippen LogP contribution in [0, 0.1) is 0 Å². The molecule has 6 heteroatoms. The molecular formula is C24H22O6. The lowest BCUT2D eigenvalue weighted by Crippen LogP contribution is -2.31. The number of benzene rings is 3. The molecule has 0 amide bonds. The van der Waals surface area contributed by atoms with Crippen LogP contribution in [0.25, 0.3) is 0 Å². The minimum atomic E-state index is -1.31. The maximum absolute atomic E-state index is 13.0. The Morgan fingerprint density at radius 1 is 0.667 bits per heavy atom. The van der Waals surface area contributed by atoms with Gasteiger partial charge in [0.1, 0.15) is 23.0 Å². The highest BCUT2D eigenvalue weighted by atomic mass is 16.6. The molecule has 0 saturated heterocycles. The lowest BCUT2D eigenvalue weighted by molar-refractivity contribution is 0.0237. The van der Waals surface area contributed by atoms with Crippen molar-refractivity contribution >= 4 is 5.97 Å². The Morgan fingerprint density at radius 2 is 1.20 bits per heavy atom. The zero-order valence-corrected chi connectivity index (χ0v) is 17.2. The van der Waals surface area contributed by atoms with Gasteiger partial charge in [-0.25, -0.2) is 4.79 Å². The second-order valence-electron chi connectivity index (χ2n) is 6.75. The van der Waals surface area contributed by atoms with Gasteiger partial charge < -0.3 is 23.7 Å². The van der Waals surface area contributed by atoms with E-state index in [2.05, 4.69) is 0 Å². The Balaban J connectivity index is 2.15. The van der Waals surface area contributed by atoms with Crippen LogP contribution < -0.4 is 18.9 Å². The highest BCUT2D eigenvalue weighted by Crippen LogP contribution is 2.53. The summed E-state index contributed by atoms with van der Waals surface area (Å²) in [4.78, 5) is 13.0. The Kier molecular flexibility index (Phi) is 4.99. The SMILES string of the molecule is COc1ccc(OC)c(C2(c3cc(OC)ccc3OC)OC(=O)c3ccccc32)c1. The van der Waals surface area contributed by atoms with Gasteiger partial charge >= 0.3 is 5.97 Å². The minimum absolute atomic E-state index is 0.430. The number of hydrogen-bond acceptors (Lipinski definition) is 6. The number of rotatable bonds is 6. The van der Waals surface area contributed by atoms with Crippen molar-refractivity contribution < 1.29 is 28.5 Å². The summed E-state index contributed by atoms with van der Waals surface area (Å²) >= 11 is 0. The fourth-order valence-corrected chi connectivity index (χ4v) is 3.94. The van der Waals surface area contributed by atoms with E-state index in [4.69, 9.17) is 23.7 Å². The molecule has 154 valence electrons. The van der Waals surface area contributed by atoms with Crippen molar-refractivity contribution in [3.8, 4) is 23.0 Å². The fraction of sp³-hybridized carbons (Fsp3) is 0.208. The molecule has 3 aromatic rings. The van der Waals surface area contributed by atoms with Gasteiger partial charge in [-0.2, -0.15) is 0 Å². The summed E-state index contributed by atoms with van der Waals surface area (Å²) in [5, 5.41) is 0. The highest BCUT2D eigenvalue weighted by Gasteiger charge is 2.52. The Bertz CT molecular complexity index is 1050. The van der Waals surface area contributed by atoms with E-state index >= 15 is 0 Å². The Labute approximate surface area is 174 Å². The molecule has 4 rings (SSSR count). The molecule has 1 heterocycles. The molecule has 0 aliphatic carbocycles. The number of esters is 1. The number of fused-ring (bicyclic) bond motifs is 1. The van der Waals surface area contributed by atoms with Crippen LogP contribution in [0.1, 0.15) is 27.0 Å². The predicted molar refractivity (Wildman–Crippen MR) is 111 cm³/mol. The zero-order chi connectivity index (χ0) is 21.3. The average molecular weight is 406 g/mol. The summed E-state index contributed by atoms with van der Waals surface area (Å²) in [5.41, 5.74) is 1.09. The minimum Gasteiger partial charge on any atom is -0.497 e. The molecule has 0 spiro atoms. The molecule has 0 unspecified atom stereocenters. The summed E-state index contributed by atoms with van der Waals surface area (Å²) in [7, 11) is 6.31. The number of cyclic esters (lactones) is 1. The zero-order valence-electron chi connectivity index (χ0n) is 17.2. The first-order valence-electron chi connectivity index (χ1n) is 9.37. The van der Waals surface area contributed by atoms with Gasteiger partial charge in [0.05, 0.1) is 45.1 Å². The number of methoxy groups -OCH3 is 4. The lowest BCUT2D eigenvalue weighted by Gasteiger charge is -2.33. The van der Waals surface area contributed by atoms with E-state index in [9.17, 15) is 4.79 Å². The summed E-state index contributed by atoms with van der Waals surface area (Å²) in [6, 6.07) is 18.1. The van der Waals surface area contributed by atoms with E-state index < -0.39 is 11.6 Å². The van der Waals surface area contributed by atoms with Gasteiger partial charge in [0.15, 0.2) is 5.60 Å². The third-order valence-electron chi connectivity index (χ3n) is 5.34. The van der Waals surface area contributed by atoms with Crippen molar-refractivity contribution in [1.29, 1.82) is 0 Å². The molecular weight excluding hydrogens is 384 g/mol. The quantitative estimate of drug-likeness (QED) is 0.572. The topological polar surface area (TPSA) is 63.2 Å². The Hall–Kier alpha value is -3.67. The van der Waals surface area contributed by atoms with Crippen molar-refractivity contribution in [3.05, 3.63) is 82.9 Å². The molecule has 30 heavy (non-hydrogen) atoms.